The SMILES string of the molecule is CC(C)c1ccc(N2CC(O)CCC23CC3)cn1. The molecule has 3 rings (SSSR count). The minimum Gasteiger partial charge on any atom is -0.391 e. The fraction of sp³-hybridized carbons (Fsp3) is 0.667. The van der Waals surface area contributed by atoms with Gasteiger partial charge in [0.25, 0.3) is 0 Å². The maximum absolute atomic E-state index is 9.88. The first-order valence-electron chi connectivity index (χ1n) is 7.02. The van der Waals surface area contributed by atoms with Gasteiger partial charge >= 0.3 is 0 Å². The van der Waals surface area contributed by atoms with E-state index in [1.807, 2.05) is 6.20 Å². The Morgan fingerprint density at radius 3 is 2.67 bits per heavy atom. The molecule has 2 heterocycles. The van der Waals surface area contributed by atoms with Gasteiger partial charge in [0, 0.05) is 17.8 Å². The largest absolute Gasteiger partial charge is 0.391 e. The third-order valence-corrected chi connectivity index (χ3v) is 4.41. The summed E-state index contributed by atoms with van der Waals surface area (Å²) >= 11 is 0. The van der Waals surface area contributed by atoms with Crippen molar-refractivity contribution in [2.24, 2.45) is 0 Å². The standard InChI is InChI=1S/C15H22N2O/c1-11(2)14-4-3-12(9-16-14)17-10-13(18)5-6-15(17)7-8-15/h3-4,9,11,13,18H,5-8,10H2,1-2H3. The first-order chi connectivity index (χ1) is 8.61. The number of β-amino-alcohol motifs (C(OH)–C–C–N with tert-alkyl or cyclic N) is 1. The van der Waals surface area contributed by atoms with Gasteiger partial charge in [0.2, 0.25) is 0 Å². The van der Waals surface area contributed by atoms with Crippen molar-refractivity contribution in [2.75, 3.05) is 11.4 Å². The summed E-state index contributed by atoms with van der Waals surface area (Å²) < 4.78 is 0. The molecule has 98 valence electrons. The maximum Gasteiger partial charge on any atom is 0.0716 e. The molecule has 1 aromatic heterocycles. The van der Waals surface area contributed by atoms with Crippen LogP contribution in [0.2, 0.25) is 0 Å². The lowest BCUT2D eigenvalue weighted by Crippen LogP contribution is -2.47. The van der Waals surface area contributed by atoms with Gasteiger partial charge in [0.05, 0.1) is 18.0 Å². The lowest BCUT2D eigenvalue weighted by molar-refractivity contribution is 0.138. The molecular formula is C15H22N2O. The number of pyridine rings is 1. The van der Waals surface area contributed by atoms with E-state index in [0.29, 0.717) is 11.5 Å². The van der Waals surface area contributed by atoms with Crippen LogP contribution in [0.25, 0.3) is 0 Å². The lowest BCUT2D eigenvalue weighted by atomic mass is 9.97. The van der Waals surface area contributed by atoms with E-state index in [4.69, 9.17) is 0 Å². The van der Waals surface area contributed by atoms with Gasteiger partial charge in [-0.05, 0) is 43.7 Å². The molecule has 0 radical (unpaired) electrons. The molecule has 1 atom stereocenters. The van der Waals surface area contributed by atoms with E-state index < -0.39 is 0 Å². The third kappa shape index (κ3) is 2.01. The Bertz CT molecular complexity index is 423. The lowest BCUT2D eigenvalue weighted by Gasteiger charge is -2.40. The Balaban J connectivity index is 1.84. The molecular weight excluding hydrogens is 224 g/mol. The van der Waals surface area contributed by atoms with Crippen LogP contribution in [0.5, 0.6) is 0 Å². The summed E-state index contributed by atoms with van der Waals surface area (Å²) in [4.78, 5) is 6.94. The highest BCUT2D eigenvalue weighted by Gasteiger charge is 2.50. The topological polar surface area (TPSA) is 36.4 Å². The fourth-order valence-electron chi connectivity index (χ4n) is 3.01. The maximum atomic E-state index is 9.88. The van der Waals surface area contributed by atoms with Crippen LogP contribution in [0.4, 0.5) is 5.69 Å². The van der Waals surface area contributed by atoms with Crippen LogP contribution in [0, 0.1) is 0 Å². The minimum atomic E-state index is -0.180. The van der Waals surface area contributed by atoms with Crippen LogP contribution in [-0.4, -0.2) is 28.3 Å². The number of rotatable bonds is 2. The Morgan fingerprint density at radius 2 is 2.11 bits per heavy atom. The van der Waals surface area contributed by atoms with Gasteiger partial charge in [-0.2, -0.15) is 0 Å². The highest BCUT2D eigenvalue weighted by molar-refractivity contribution is 5.51. The predicted octanol–water partition coefficient (Wildman–Crippen LogP) is 2.70. The average Bonchev–Trinajstić information content (AvgIpc) is 3.13. The van der Waals surface area contributed by atoms with Crippen molar-refractivity contribution in [3.8, 4) is 0 Å². The molecule has 1 saturated heterocycles. The molecule has 18 heavy (non-hydrogen) atoms. The van der Waals surface area contributed by atoms with E-state index in [0.717, 1.165) is 25.1 Å². The second-order valence-corrected chi connectivity index (χ2v) is 6.12. The zero-order valence-electron chi connectivity index (χ0n) is 11.3. The highest BCUT2D eigenvalue weighted by atomic mass is 16.3. The van der Waals surface area contributed by atoms with Crippen LogP contribution in [0.15, 0.2) is 18.3 Å². The zero-order valence-corrected chi connectivity index (χ0v) is 11.3. The molecule has 2 fully saturated rings. The van der Waals surface area contributed by atoms with E-state index in [2.05, 4.69) is 35.9 Å². The number of aliphatic hydroxyl groups excluding tert-OH is 1. The Morgan fingerprint density at radius 1 is 1.33 bits per heavy atom. The average molecular weight is 246 g/mol. The first-order valence-corrected chi connectivity index (χ1v) is 7.02. The number of hydrogen-bond acceptors (Lipinski definition) is 3. The van der Waals surface area contributed by atoms with Gasteiger partial charge in [-0.1, -0.05) is 13.8 Å². The molecule has 0 aromatic carbocycles. The van der Waals surface area contributed by atoms with Gasteiger partial charge in [-0.15, -0.1) is 0 Å². The molecule has 3 nitrogen and oxygen atoms in total. The monoisotopic (exact) mass is 246 g/mol. The van der Waals surface area contributed by atoms with Gasteiger partial charge in [-0.3, -0.25) is 4.98 Å². The summed E-state index contributed by atoms with van der Waals surface area (Å²) in [5.41, 5.74) is 2.66. The fourth-order valence-corrected chi connectivity index (χ4v) is 3.01. The van der Waals surface area contributed by atoms with Crippen molar-refractivity contribution < 1.29 is 5.11 Å². The summed E-state index contributed by atoms with van der Waals surface area (Å²) in [6.07, 6.45) is 6.42. The van der Waals surface area contributed by atoms with Gasteiger partial charge < -0.3 is 10.0 Å². The molecule has 1 unspecified atom stereocenters. The van der Waals surface area contributed by atoms with Gasteiger partial charge in [0.15, 0.2) is 0 Å². The summed E-state index contributed by atoms with van der Waals surface area (Å²) in [5.74, 6) is 0.473. The number of aliphatic hydroxyl groups is 1. The van der Waals surface area contributed by atoms with E-state index in [1.54, 1.807) is 0 Å². The van der Waals surface area contributed by atoms with Crippen LogP contribution in [0.1, 0.15) is 51.1 Å². The number of aromatic nitrogens is 1. The number of nitrogens with zero attached hydrogens (tertiary/aromatic N) is 2. The second kappa shape index (κ2) is 4.23. The normalized spacial score (nSPS) is 25.8. The Kier molecular flexibility index (Phi) is 2.81. The van der Waals surface area contributed by atoms with E-state index in [9.17, 15) is 5.11 Å². The van der Waals surface area contributed by atoms with Crippen molar-refractivity contribution >= 4 is 5.69 Å². The summed E-state index contributed by atoms with van der Waals surface area (Å²) in [6.45, 7) is 5.09. The van der Waals surface area contributed by atoms with Crippen molar-refractivity contribution in [1.29, 1.82) is 0 Å². The first kappa shape index (κ1) is 12.0. The Hall–Kier alpha value is -1.09. The summed E-state index contributed by atoms with van der Waals surface area (Å²) in [7, 11) is 0. The number of anilines is 1. The van der Waals surface area contributed by atoms with Crippen molar-refractivity contribution in [1.82, 2.24) is 4.98 Å². The third-order valence-electron chi connectivity index (χ3n) is 4.41. The molecule has 1 N–H and O–H groups in total. The smallest absolute Gasteiger partial charge is 0.0716 e. The van der Waals surface area contributed by atoms with E-state index in [-0.39, 0.29) is 6.10 Å². The number of hydrogen-bond donors (Lipinski definition) is 1. The molecule has 1 aromatic rings. The van der Waals surface area contributed by atoms with Crippen LogP contribution >= 0.6 is 0 Å². The Labute approximate surface area is 109 Å². The zero-order chi connectivity index (χ0) is 12.8. The summed E-state index contributed by atoms with van der Waals surface area (Å²) in [6, 6.07) is 4.29. The van der Waals surface area contributed by atoms with Gasteiger partial charge in [0.1, 0.15) is 0 Å². The van der Waals surface area contributed by atoms with E-state index in [1.165, 1.54) is 18.5 Å². The quantitative estimate of drug-likeness (QED) is 0.871. The predicted molar refractivity (Wildman–Crippen MR) is 72.9 cm³/mol. The molecule has 1 aliphatic heterocycles. The molecule has 3 heteroatoms. The molecule has 1 aliphatic carbocycles. The van der Waals surface area contributed by atoms with Crippen LogP contribution in [0.3, 0.4) is 0 Å². The second-order valence-electron chi connectivity index (χ2n) is 6.12. The number of piperidine rings is 1. The van der Waals surface area contributed by atoms with Crippen molar-refractivity contribution in [2.45, 2.75) is 57.1 Å². The highest BCUT2D eigenvalue weighted by Crippen LogP contribution is 2.50. The van der Waals surface area contributed by atoms with Crippen molar-refractivity contribution in [3.63, 3.8) is 0 Å². The summed E-state index contributed by atoms with van der Waals surface area (Å²) in [5, 5.41) is 9.88. The van der Waals surface area contributed by atoms with E-state index >= 15 is 0 Å². The van der Waals surface area contributed by atoms with Gasteiger partial charge in [-0.25, -0.2) is 0 Å². The molecule has 0 amide bonds. The van der Waals surface area contributed by atoms with Crippen LogP contribution in [-0.2, 0) is 0 Å². The minimum absolute atomic E-state index is 0.180. The molecule has 1 saturated carbocycles. The van der Waals surface area contributed by atoms with Crippen LogP contribution < -0.4 is 4.90 Å². The molecule has 2 aliphatic rings. The molecule has 0 bridgehead atoms. The van der Waals surface area contributed by atoms with Crippen molar-refractivity contribution in [3.05, 3.63) is 24.0 Å². The molecule has 1 spiro atoms.